The molecule has 8 heteroatoms. The van der Waals surface area contributed by atoms with Crippen molar-refractivity contribution in [2.75, 3.05) is 13.1 Å². The Morgan fingerprint density at radius 1 is 1.63 bits per heavy atom. The van der Waals surface area contributed by atoms with Gasteiger partial charge in [-0.05, 0) is 19.4 Å². The van der Waals surface area contributed by atoms with E-state index in [1.165, 1.54) is 11.0 Å². The van der Waals surface area contributed by atoms with Crippen LogP contribution < -0.4 is 5.56 Å². The predicted octanol–water partition coefficient (Wildman–Crippen LogP) is 0.866. The molecule has 0 bridgehead atoms. The molecule has 19 heavy (non-hydrogen) atoms. The number of aliphatic carboxylic acids is 1. The van der Waals surface area contributed by atoms with Crippen LogP contribution in [-0.2, 0) is 4.79 Å². The van der Waals surface area contributed by atoms with Gasteiger partial charge in [0.2, 0.25) is 0 Å². The number of halogens is 2. The van der Waals surface area contributed by atoms with Crippen LogP contribution in [0.3, 0.4) is 0 Å². The number of piperidine rings is 1. The van der Waals surface area contributed by atoms with Crippen LogP contribution in [0.1, 0.15) is 24.5 Å². The number of aromatic amines is 1. The number of hydrogen-bond acceptors (Lipinski definition) is 4. The Hall–Kier alpha value is -1.70. The molecule has 2 unspecified atom stereocenters. The third-order valence-corrected chi connectivity index (χ3v) is 3.33. The first-order valence-corrected chi connectivity index (χ1v) is 5.89. The quantitative estimate of drug-likeness (QED) is 0.852. The molecule has 0 radical (unpaired) electrons. The van der Waals surface area contributed by atoms with Crippen molar-refractivity contribution in [2.24, 2.45) is 0 Å². The molecule has 0 spiro atoms. The van der Waals surface area contributed by atoms with E-state index < -0.39 is 30.5 Å². The number of nitrogens with one attached hydrogen (secondary N) is 1. The highest BCUT2D eigenvalue weighted by Gasteiger charge is 2.37. The first kappa shape index (κ1) is 13.7. The number of likely N-dealkylation sites (tertiary alicyclic amines) is 1. The molecule has 2 rings (SSSR count). The summed E-state index contributed by atoms with van der Waals surface area (Å²) < 4.78 is 30.9. The van der Waals surface area contributed by atoms with E-state index in [0.29, 0.717) is 12.2 Å². The van der Waals surface area contributed by atoms with Crippen molar-refractivity contribution >= 4 is 5.97 Å². The summed E-state index contributed by atoms with van der Waals surface area (Å²) in [4.78, 5) is 22.9. The second-order valence-electron chi connectivity index (χ2n) is 4.60. The summed E-state index contributed by atoms with van der Waals surface area (Å²) in [5, 5.41) is 10.8. The molecule has 2 N–H and O–H groups in total. The van der Waals surface area contributed by atoms with Gasteiger partial charge >= 0.3 is 5.97 Å². The average molecular weight is 276 g/mol. The molecule has 106 valence electrons. The highest BCUT2D eigenvalue weighted by molar-refractivity contribution is 5.69. The van der Waals surface area contributed by atoms with Gasteiger partial charge in [0, 0.05) is 12.0 Å². The highest BCUT2D eigenvalue weighted by atomic mass is 19.3. The molecule has 0 aromatic carbocycles. The van der Waals surface area contributed by atoms with Crippen LogP contribution in [-0.4, -0.2) is 46.7 Å². The number of carbonyl (C=O) groups is 1. The zero-order valence-corrected chi connectivity index (χ0v) is 10.0. The van der Waals surface area contributed by atoms with Crippen molar-refractivity contribution < 1.29 is 23.2 Å². The molecule has 0 aliphatic carbocycles. The van der Waals surface area contributed by atoms with Gasteiger partial charge in [-0.15, -0.1) is 0 Å². The fourth-order valence-corrected chi connectivity index (χ4v) is 2.44. The maximum absolute atomic E-state index is 13.0. The monoisotopic (exact) mass is 276 g/mol. The molecular weight excluding hydrogens is 262 g/mol. The number of carboxylic acid groups (broad SMARTS) is 1. The zero-order chi connectivity index (χ0) is 14.0. The summed E-state index contributed by atoms with van der Waals surface area (Å²) in [6.07, 6.45) is -2.07. The number of alkyl halides is 2. The summed E-state index contributed by atoms with van der Waals surface area (Å²) in [6.45, 7) is -0.167. The van der Waals surface area contributed by atoms with E-state index in [4.69, 9.17) is 9.63 Å². The van der Waals surface area contributed by atoms with Crippen LogP contribution in [0.2, 0.25) is 0 Å². The molecule has 6 nitrogen and oxygen atoms in total. The molecule has 1 aromatic heterocycles. The predicted molar refractivity (Wildman–Crippen MR) is 60.3 cm³/mol. The number of hydrogen-bond donors (Lipinski definition) is 2. The van der Waals surface area contributed by atoms with Gasteiger partial charge in [-0.1, -0.05) is 0 Å². The van der Waals surface area contributed by atoms with Crippen molar-refractivity contribution in [3.05, 3.63) is 22.2 Å². The summed E-state index contributed by atoms with van der Waals surface area (Å²) in [5.74, 6) is -1.06. The maximum Gasteiger partial charge on any atom is 0.317 e. The Morgan fingerprint density at radius 2 is 2.37 bits per heavy atom. The minimum Gasteiger partial charge on any atom is -0.480 e. The minimum atomic E-state index is -2.63. The fraction of sp³-hybridized carbons (Fsp3) is 0.636. The van der Waals surface area contributed by atoms with Gasteiger partial charge in [0.15, 0.2) is 0 Å². The molecule has 1 saturated heterocycles. The Balaban J connectivity index is 2.10. The third-order valence-electron chi connectivity index (χ3n) is 3.33. The Labute approximate surface area is 107 Å². The molecule has 1 aromatic rings. The summed E-state index contributed by atoms with van der Waals surface area (Å²) >= 11 is 0. The SMILES string of the molecule is O=C(O)CN1CCC(c2cc(=O)[nH]o2)CC1C(F)F. The van der Waals surface area contributed by atoms with Gasteiger partial charge in [-0.2, -0.15) is 5.16 Å². The average Bonchev–Trinajstić information content (AvgIpc) is 2.75. The lowest BCUT2D eigenvalue weighted by Gasteiger charge is -2.37. The number of aromatic nitrogens is 1. The van der Waals surface area contributed by atoms with Crippen molar-refractivity contribution in [3.8, 4) is 0 Å². The van der Waals surface area contributed by atoms with Crippen molar-refractivity contribution in [3.63, 3.8) is 0 Å². The van der Waals surface area contributed by atoms with Crippen molar-refractivity contribution in [1.82, 2.24) is 10.1 Å². The van der Waals surface area contributed by atoms with Gasteiger partial charge in [-0.3, -0.25) is 14.5 Å². The van der Waals surface area contributed by atoms with Gasteiger partial charge in [-0.25, -0.2) is 8.78 Å². The standard InChI is InChI=1S/C11H14F2N2O4/c12-11(13)7-3-6(8-4-9(16)14-19-8)1-2-15(7)5-10(17)18/h4,6-7,11H,1-3,5H2,(H,14,16)(H,17,18). The van der Waals surface area contributed by atoms with Gasteiger partial charge in [0.05, 0.1) is 12.6 Å². The van der Waals surface area contributed by atoms with Crippen molar-refractivity contribution in [2.45, 2.75) is 31.2 Å². The number of nitrogens with zero attached hydrogens (tertiary/aromatic N) is 1. The largest absolute Gasteiger partial charge is 0.480 e. The van der Waals surface area contributed by atoms with Crippen LogP contribution in [0.15, 0.2) is 15.4 Å². The van der Waals surface area contributed by atoms with E-state index in [-0.39, 0.29) is 18.9 Å². The van der Waals surface area contributed by atoms with Crippen LogP contribution in [0.4, 0.5) is 8.78 Å². The van der Waals surface area contributed by atoms with Gasteiger partial charge in [0.1, 0.15) is 5.76 Å². The van der Waals surface area contributed by atoms with Crippen LogP contribution >= 0.6 is 0 Å². The topological polar surface area (TPSA) is 86.5 Å². The highest BCUT2D eigenvalue weighted by Crippen LogP contribution is 2.33. The Kier molecular flexibility index (Phi) is 3.98. The van der Waals surface area contributed by atoms with Gasteiger partial charge < -0.3 is 9.63 Å². The number of H-pyrrole nitrogens is 1. The molecule has 0 amide bonds. The second kappa shape index (κ2) is 5.52. The minimum absolute atomic E-state index is 0.0751. The van der Waals surface area contributed by atoms with E-state index >= 15 is 0 Å². The summed E-state index contributed by atoms with van der Waals surface area (Å²) in [7, 11) is 0. The first-order chi connectivity index (χ1) is 8.97. The summed E-state index contributed by atoms with van der Waals surface area (Å²) in [6, 6.07) is 0.120. The normalized spacial score (nSPS) is 24.8. The van der Waals surface area contributed by atoms with Crippen LogP contribution in [0, 0.1) is 0 Å². The fourth-order valence-electron chi connectivity index (χ4n) is 2.44. The molecule has 2 heterocycles. The van der Waals surface area contributed by atoms with E-state index in [1.807, 2.05) is 0 Å². The lowest BCUT2D eigenvalue weighted by atomic mass is 9.89. The van der Waals surface area contributed by atoms with E-state index in [9.17, 15) is 18.4 Å². The number of carboxylic acids is 1. The van der Waals surface area contributed by atoms with Crippen molar-refractivity contribution in [1.29, 1.82) is 0 Å². The third kappa shape index (κ3) is 3.19. The smallest absolute Gasteiger partial charge is 0.317 e. The number of rotatable bonds is 4. The molecular formula is C11H14F2N2O4. The molecule has 1 aliphatic heterocycles. The van der Waals surface area contributed by atoms with Crippen LogP contribution in [0.25, 0.3) is 0 Å². The molecule has 0 saturated carbocycles. The maximum atomic E-state index is 13.0. The zero-order valence-electron chi connectivity index (χ0n) is 10.0. The van der Waals surface area contributed by atoms with Gasteiger partial charge in [0.25, 0.3) is 12.0 Å². The van der Waals surface area contributed by atoms with E-state index in [1.54, 1.807) is 0 Å². The lowest BCUT2D eigenvalue weighted by molar-refractivity contribution is -0.140. The Bertz CT molecular complexity index is 499. The first-order valence-electron chi connectivity index (χ1n) is 5.89. The van der Waals surface area contributed by atoms with E-state index in [2.05, 4.69) is 5.16 Å². The summed E-state index contributed by atoms with van der Waals surface area (Å²) in [5.41, 5.74) is -0.406. The molecule has 1 fully saturated rings. The van der Waals surface area contributed by atoms with Crippen LogP contribution in [0.5, 0.6) is 0 Å². The Morgan fingerprint density at radius 3 is 2.89 bits per heavy atom. The van der Waals surface area contributed by atoms with E-state index in [0.717, 1.165) is 0 Å². The molecule has 2 atom stereocenters. The lowest BCUT2D eigenvalue weighted by Crippen LogP contribution is -2.48. The second-order valence-corrected chi connectivity index (χ2v) is 4.60. The molecule has 1 aliphatic rings.